The van der Waals surface area contributed by atoms with Crippen LogP contribution in [0.1, 0.15) is 27.2 Å². The van der Waals surface area contributed by atoms with E-state index in [-0.39, 0.29) is 5.91 Å². The van der Waals surface area contributed by atoms with Crippen molar-refractivity contribution in [3.8, 4) is 0 Å². The van der Waals surface area contributed by atoms with Crippen molar-refractivity contribution in [3.05, 3.63) is 30.3 Å². The number of nitrogens with one attached hydrogen (secondary N) is 1. The lowest BCUT2D eigenvalue weighted by Crippen LogP contribution is -2.53. The number of nitrogens with two attached hydrogens (primary N) is 1. The fourth-order valence-corrected chi connectivity index (χ4v) is 3.18. The van der Waals surface area contributed by atoms with E-state index in [4.69, 9.17) is 5.73 Å². The van der Waals surface area contributed by atoms with Gasteiger partial charge in [0.05, 0.1) is 6.04 Å². The molecule has 1 fully saturated rings. The molecule has 1 aromatic carbocycles. The zero-order valence-corrected chi connectivity index (χ0v) is 15.2. The molecule has 5 nitrogen and oxygen atoms in total. The van der Waals surface area contributed by atoms with Crippen LogP contribution in [0.4, 0.5) is 5.69 Å². The minimum atomic E-state index is -0.396. The molecule has 0 radical (unpaired) electrons. The van der Waals surface area contributed by atoms with Crippen molar-refractivity contribution < 1.29 is 4.79 Å². The molecule has 2 atom stereocenters. The van der Waals surface area contributed by atoms with Crippen molar-refractivity contribution >= 4 is 11.6 Å². The van der Waals surface area contributed by atoms with E-state index in [2.05, 4.69) is 66.2 Å². The summed E-state index contributed by atoms with van der Waals surface area (Å²) in [5.41, 5.74) is 7.22. The van der Waals surface area contributed by atoms with E-state index in [1.807, 2.05) is 0 Å². The summed E-state index contributed by atoms with van der Waals surface area (Å²) in [6.07, 6.45) is 0.732. The summed E-state index contributed by atoms with van der Waals surface area (Å²) < 4.78 is 0. The Hall–Kier alpha value is -1.59. The third-order valence-corrected chi connectivity index (χ3v) is 4.69. The Morgan fingerprint density at radius 1 is 1.12 bits per heavy atom. The van der Waals surface area contributed by atoms with Gasteiger partial charge in [0.1, 0.15) is 0 Å². The predicted molar refractivity (Wildman–Crippen MR) is 100 cm³/mol. The van der Waals surface area contributed by atoms with Crippen LogP contribution in [-0.4, -0.2) is 55.6 Å². The van der Waals surface area contributed by atoms with Gasteiger partial charge >= 0.3 is 0 Å². The molecule has 0 saturated carbocycles. The van der Waals surface area contributed by atoms with E-state index in [0.29, 0.717) is 18.5 Å². The molecule has 0 bridgehead atoms. The van der Waals surface area contributed by atoms with Crippen molar-refractivity contribution in [1.82, 2.24) is 10.2 Å². The molecule has 1 unspecified atom stereocenters. The minimum absolute atomic E-state index is 0.0292. The molecule has 2 rings (SSSR count). The van der Waals surface area contributed by atoms with E-state index < -0.39 is 6.04 Å². The molecule has 0 aromatic heterocycles. The maximum atomic E-state index is 12.0. The third kappa shape index (κ3) is 5.49. The number of hydrogen-bond acceptors (Lipinski definition) is 4. The van der Waals surface area contributed by atoms with Gasteiger partial charge in [-0.3, -0.25) is 9.69 Å². The number of hydrogen-bond donors (Lipinski definition) is 2. The molecule has 134 valence electrons. The van der Waals surface area contributed by atoms with Gasteiger partial charge in [-0.15, -0.1) is 0 Å². The number of para-hydroxylation sites is 1. The molecule has 1 amide bonds. The molecule has 1 aliphatic rings. The molecule has 3 N–H and O–H groups in total. The summed E-state index contributed by atoms with van der Waals surface area (Å²) in [5, 5.41) is 3.01. The van der Waals surface area contributed by atoms with Crippen LogP contribution >= 0.6 is 0 Å². The van der Waals surface area contributed by atoms with Crippen LogP contribution in [0.3, 0.4) is 0 Å². The summed E-state index contributed by atoms with van der Waals surface area (Å²) in [4.78, 5) is 16.9. The van der Waals surface area contributed by atoms with E-state index in [9.17, 15) is 4.79 Å². The molecule has 1 aliphatic heterocycles. The topological polar surface area (TPSA) is 61.6 Å². The Labute approximate surface area is 146 Å². The lowest BCUT2D eigenvalue weighted by molar-refractivity contribution is -0.122. The van der Waals surface area contributed by atoms with Crippen LogP contribution in [0.25, 0.3) is 0 Å². The van der Waals surface area contributed by atoms with Crippen molar-refractivity contribution in [2.75, 3.05) is 37.6 Å². The third-order valence-electron chi connectivity index (χ3n) is 4.69. The van der Waals surface area contributed by atoms with Gasteiger partial charge in [0.2, 0.25) is 5.91 Å². The highest BCUT2D eigenvalue weighted by molar-refractivity contribution is 5.81. The van der Waals surface area contributed by atoms with E-state index in [0.717, 1.165) is 32.6 Å². The molecule has 1 aromatic rings. The Bertz CT molecular complexity index is 497. The number of carbonyl (C=O) groups excluding carboxylic acids is 1. The first-order valence-corrected chi connectivity index (χ1v) is 9.04. The summed E-state index contributed by atoms with van der Waals surface area (Å²) >= 11 is 0. The molecular weight excluding hydrogens is 300 g/mol. The SMILES string of the molecule is CC(C)C[C@H](N)C(=O)NCC(C)N1CCN(c2ccccc2)CC1. The predicted octanol–water partition coefficient (Wildman–Crippen LogP) is 1.69. The van der Waals surface area contributed by atoms with Crippen molar-refractivity contribution in [3.63, 3.8) is 0 Å². The molecular formula is C19H32N4O. The number of benzene rings is 1. The van der Waals surface area contributed by atoms with Crippen LogP contribution in [-0.2, 0) is 4.79 Å². The number of anilines is 1. The van der Waals surface area contributed by atoms with Crippen molar-refractivity contribution in [1.29, 1.82) is 0 Å². The Morgan fingerprint density at radius 2 is 1.75 bits per heavy atom. The minimum Gasteiger partial charge on any atom is -0.369 e. The largest absolute Gasteiger partial charge is 0.369 e. The number of carbonyl (C=O) groups is 1. The van der Waals surface area contributed by atoms with Crippen molar-refractivity contribution in [2.24, 2.45) is 11.7 Å². The van der Waals surface area contributed by atoms with Gasteiger partial charge in [0, 0.05) is 44.5 Å². The summed E-state index contributed by atoms with van der Waals surface area (Å²) in [5.74, 6) is 0.410. The molecule has 1 saturated heterocycles. The first-order valence-electron chi connectivity index (χ1n) is 9.04. The van der Waals surface area contributed by atoms with Gasteiger partial charge in [-0.2, -0.15) is 0 Å². The lowest BCUT2D eigenvalue weighted by Gasteiger charge is -2.39. The van der Waals surface area contributed by atoms with Gasteiger partial charge < -0.3 is 16.0 Å². The van der Waals surface area contributed by atoms with Crippen LogP contribution < -0.4 is 16.0 Å². The van der Waals surface area contributed by atoms with Crippen molar-refractivity contribution in [2.45, 2.75) is 39.3 Å². The van der Waals surface area contributed by atoms with Crippen LogP contribution in [0.5, 0.6) is 0 Å². The van der Waals surface area contributed by atoms with Gasteiger partial charge in [0.15, 0.2) is 0 Å². The van der Waals surface area contributed by atoms with E-state index >= 15 is 0 Å². The molecule has 24 heavy (non-hydrogen) atoms. The second-order valence-electron chi connectivity index (χ2n) is 7.19. The number of amides is 1. The zero-order valence-electron chi connectivity index (χ0n) is 15.2. The second kappa shape index (κ2) is 9.04. The lowest BCUT2D eigenvalue weighted by atomic mass is 10.0. The maximum Gasteiger partial charge on any atom is 0.236 e. The smallest absolute Gasteiger partial charge is 0.236 e. The average Bonchev–Trinajstić information content (AvgIpc) is 2.59. The Balaban J connectivity index is 1.73. The molecule has 5 heteroatoms. The number of nitrogens with zero attached hydrogens (tertiary/aromatic N) is 2. The zero-order chi connectivity index (χ0) is 17.5. The second-order valence-corrected chi connectivity index (χ2v) is 7.19. The summed E-state index contributed by atoms with van der Waals surface area (Å²) in [6, 6.07) is 10.5. The van der Waals surface area contributed by atoms with E-state index in [1.165, 1.54) is 5.69 Å². The summed E-state index contributed by atoms with van der Waals surface area (Å²) in [7, 11) is 0. The standard InChI is InChI=1S/C19H32N4O/c1-15(2)13-18(20)19(24)21-14-16(3)22-9-11-23(12-10-22)17-7-5-4-6-8-17/h4-8,15-16,18H,9-14,20H2,1-3H3,(H,21,24)/t16?,18-/m0/s1. The van der Waals surface area contributed by atoms with Gasteiger partial charge in [-0.05, 0) is 31.4 Å². The monoisotopic (exact) mass is 332 g/mol. The number of rotatable bonds is 7. The molecule has 0 aliphatic carbocycles. The highest BCUT2D eigenvalue weighted by atomic mass is 16.2. The normalized spacial score (nSPS) is 18.5. The van der Waals surface area contributed by atoms with Crippen LogP contribution in [0.2, 0.25) is 0 Å². The van der Waals surface area contributed by atoms with E-state index in [1.54, 1.807) is 0 Å². The fourth-order valence-electron chi connectivity index (χ4n) is 3.18. The highest BCUT2D eigenvalue weighted by Gasteiger charge is 2.22. The van der Waals surface area contributed by atoms with Crippen LogP contribution in [0, 0.1) is 5.92 Å². The Kier molecular flexibility index (Phi) is 7.06. The molecule has 1 heterocycles. The number of piperazine rings is 1. The average molecular weight is 332 g/mol. The summed E-state index contributed by atoms with van der Waals surface area (Å²) in [6.45, 7) is 11.1. The maximum absolute atomic E-state index is 12.0. The fraction of sp³-hybridized carbons (Fsp3) is 0.632. The van der Waals surface area contributed by atoms with Crippen LogP contribution in [0.15, 0.2) is 30.3 Å². The quantitative estimate of drug-likeness (QED) is 0.798. The van der Waals surface area contributed by atoms with Gasteiger partial charge in [-0.1, -0.05) is 32.0 Å². The first-order chi connectivity index (χ1) is 11.5. The first kappa shape index (κ1) is 18.7. The molecule has 0 spiro atoms. The highest BCUT2D eigenvalue weighted by Crippen LogP contribution is 2.16. The van der Waals surface area contributed by atoms with Gasteiger partial charge in [-0.25, -0.2) is 0 Å². The Morgan fingerprint density at radius 3 is 2.33 bits per heavy atom. The van der Waals surface area contributed by atoms with Gasteiger partial charge in [0.25, 0.3) is 0 Å².